The van der Waals surface area contributed by atoms with Crippen LogP contribution in [0.5, 0.6) is 0 Å². The molecule has 1 fully saturated rings. The van der Waals surface area contributed by atoms with Gasteiger partial charge in [0.15, 0.2) is 0 Å². The molecule has 1 saturated heterocycles. The summed E-state index contributed by atoms with van der Waals surface area (Å²) in [6.45, 7) is 0.468. The van der Waals surface area contributed by atoms with Crippen molar-refractivity contribution in [3.8, 4) is 0 Å². The molecule has 0 aliphatic carbocycles. The summed E-state index contributed by atoms with van der Waals surface area (Å²) in [6.07, 6.45) is -4.47. The Kier molecular flexibility index (Phi) is 4.78. The normalized spacial score (nSPS) is 18.0. The Morgan fingerprint density at radius 3 is 2.62 bits per heavy atom. The van der Waals surface area contributed by atoms with Crippen LogP contribution in [0.25, 0.3) is 0 Å². The number of hydrogen-bond acceptors (Lipinski definition) is 2. The SMILES string of the molecule is O=C(c1cccc(C(F)(F)F)c1)N1CCSC1c1ccccc1Cl. The summed E-state index contributed by atoms with van der Waals surface area (Å²) in [5.74, 6) is 0.289. The Labute approximate surface area is 146 Å². The zero-order valence-electron chi connectivity index (χ0n) is 12.4. The van der Waals surface area contributed by atoms with Crippen molar-refractivity contribution < 1.29 is 18.0 Å². The Bertz CT molecular complexity index is 765. The lowest BCUT2D eigenvalue weighted by molar-refractivity contribution is -0.137. The third kappa shape index (κ3) is 3.39. The van der Waals surface area contributed by atoms with Crippen LogP contribution in [0, 0.1) is 0 Å². The maximum Gasteiger partial charge on any atom is 0.416 e. The van der Waals surface area contributed by atoms with E-state index in [9.17, 15) is 18.0 Å². The second-order valence-corrected chi connectivity index (χ2v) is 6.92. The predicted molar refractivity (Wildman–Crippen MR) is 89.1 cm³/mol. The summed E-state index contributed by atoms with van der Waals surface area (Å²) in [7, 11) is 0. The summed E-state index contributed by atoms with van der Waals surface area (Å²) in [4.78, 5) is 14.3. The van der Waals surface area contributed by atoms with Crippen LogP contribution in [-0.4, -0.2) is 23.1 Å². The predicted octanol–water partition coefficient (Wildman–Crippen LogP) is 5.25. The summed E-state index contributed by atoms with van der Waals surface area (Å²) >= 11 is 7.75. The molecule has 1 unspecified atom stereocenters. The first-order chi connectivity index (χ1) is 11.4. The van der Waals surface area contributed by atoms with Crippen molar-refractivity contribution in [1.82, 2.24) is 4.90 Å². The Balaban J connectivity index is 1.91. The van der Waals surface area contributed by atoms with Crippen LogP contribution >= 0.6 is 23.4 Å². The second-order valence-electron chi connectivity index (χ2n) is 5.32. The molecule has 0 aromatic heterocycles. The minimum atomic E-state index is -4.47. The van der Waals surface area contributed by atoms with Gasteiger partial charge in [0, 0.05) is 28.4 Å². The molecule has 0 N–H and O–H groups in total. The molecule has 0 saturated carbocycles. The first-order valence-electron chi connectivity index (χ1n) is 7.22. The zero-order valence-corrected chi connectivity index (χ0v) is 14.0. The van der Waals surface area contributed by atoms with Crippen molar-refractivity contribution in [2.75, 3.05) is 12.3 Å². The molecule has 2 aromatic rings. The molecule has 24 heavy (non-hydrogen) atoms. The van der Waals surface area contributed by atoms with Gasteiger partial charge in [-0.2, -0.15) is 13.2 Å². The van der Waals surface area contributed by atoms with Crippen molar-refractivity contribution >= 4 is 29.3 Å². The molecule has 1 aliphatic heterocycles. The number of halogens is 4. The van der Waals surface area contributed by atoms with Crippen LogP contribution in [0.2, 0.25) is 5.02 Å². The zero-order chi connectivity index (χ0) is 17.3. The number of benzene rings is 2. The standard InChI is InChI=1S/C17H13ClF3NOS/c18-14-7-2-1-6-13(14)16-22(8-9-24-16)15(23)11-4-3-5-12(10-11)17(19,20)21/h1-7,10,16H,8-9H2. The minimum absolute atomic E-state index is 0.0318. The van der Waals surface area contributed by atoms with E-state index in [1.165, 1.54) is 12.1 Å². The van der Waals surface area contributed by atoms with Crippen molar-refractivity contribution in [3.05, 3.63) is 70.2 Å². The topological polar surface area (TPSA) is 20.3 Å². The van der Waals surface area contributed by atoms with Gasteiger partial charge < -0.3 is 4.90 Å². The highest BCUT2D eigenvalue weighted by Crippen LogP contribution is 2.41. The molecule has 126 valence electrons. The first-order valence-corrected chi connectivity index (χ1v) is 8.65. The third-order valence-corrected chi connectivity index (χ3v) is 5.35. The lowest BCUT2D eigenvalue weighted by atomic mass is 10.1. The van der Waals surface area contributed by atoms with Crippen LogP contribution in [0.4, 0.5) is 13.2 Å². The highest BCUT2D eigenvalue weighted by Gasteiger charge is 2.34. The van der Waals surface area contributed by atoms with Crippen LogP contribution < -0.4 is 0 Å². The van der Waals surface area contributed by atoms with Gasteiger partial charge in [-0.1, -0.05) is 35.9 Å². The second kappa shape index (κ2) is 6.69. The highest BCUT2D eigenvalue weighted by atomic mass is 35.5. The van der Waals surface area contributed by atoms with Gasteiger partial charge in [0.05, 0.1) is 5.56 Å². The summed E-state index contributed by atoms with van der Waals surface area (Å²) < 4.78 is 38.6. The summed E-state index contributed by atoms with van der Waals surface area (Å²) in [5, 5.41) is 0.250. The molecular formula is C17H13ClF3NOS. The molecular weight excluding hydrogens is 359 g/mol. The lowest BCUT2D eigenvalue weighted by Gasteiger charge is -2.25. The third-order valence-electron chi connectivity index (χ3n) is 3.76. The van der Waals surface area contributed by atoms with Crippen molar-refractivity contribution in [1.29, 1.82) is 0 Å². The lowest BCUT2D eigenvalue weighted by Crippen LogP contribution is -2.30. The molecule has 1 atom stereocenters. The smallest absolute Gasteiger partial charge is 0.322 e. The molecule has 0 spiro atoms. The fraction of sp³-hybridized carbons (Fsp3) is 0.235. The maximum atomic E-state index is 12.9. The van der Waals surface area contributed by atoms with E-state index in [0.717, 1.165) is 17.7 Å². The van der Waals surface area contributed by atoms with Crippen molar-refractivity contribution in [3.63, 3.8) is 0 Å². The van der Waals surface area contributed by atoms with Gasteiger partial charge in [0.1, 0.15) is 5.37 Å². The van der Waals surface area contributed by atoms with Gasteiger partial charge in [-0.15, -0.1) is 11.8 Å². The monoisotopic (exact) mass is 371 g/mol. The number of alkyl halides is 3. The Hall–Kier alpha value is -1.66. The van der Waals surface area contributed by atoms with Crippen LogP contribution in [0.3, 0.4) is 0 Å². The van der Waals surface area contributed by atoms with E-state index in [-0.39, 0.29) is 10.9 Å². The van der Waals surface area contributed by atoms with E-state index in [4.69, 9.17) is 11.6 Å². The van der Waals surface area contributed by atoms with Gasteiger partial charge >= 0.3 is 6.18 Å². The van der Waals surface area contributed by atoms with Crippen LogP contribution in [0.1, 0.15) is 26.9 Å². The molecule has 0 radical (unpaired) electrons. The van der Waals surface area contributed by atoms with E-state index in [1.807, 2.05) is 12.1 Å². The molecule has 2 nitrogen and oxygen atoms in total. The van der Waals surface area contributed by atoms with E-state index in [1.54, 1.807) is 28.8 Å². The van der Waals surface area contributed by atoms with Gasteiger partial charge in [0.2, 0.25) is 0 Å². The van der Waals surface area contributed by atoms with Crippen LogP contribution in [0.15, 0.2) is 48.5 Å². The number of carbonyl (C=O) groups is 1. The Morgan fingerprint density at radius 2 is 1.92 bits per heavy atom. The van der Waals surface area contributed by atoms with E-state index in [0.29, 0.717) is 17.3 Å². The maximum absolute atomic E-state index is 12.9. The molecule has 1 aliphatic rings. The van der Waals surface area contributed by atoms with E-state index in [2.05, 4.69) is 0 Å². The molecule has 1 heterocycles. The molecule has 3 rings (SSSR count). The fourth-order valence-corrected chi connectivity index (χ4v) is 4.20. The number of amides is 1. The molecule has 0 bridgehead atoms. The Morgan fingerprint density at radius 1 is 1.17 bits per heavy atom. The average molecular weight is 372 g/mol. The van der Waals surface area contributed by atoms with Gasteiger partial charge in [-0.3, -0.25) is 4.79 Å². The number of carbonyl (C=O) groups excluding carboxylic acids is 1. The molecule has 2 aromatic carbocycles. The number of hydrogen-bond donors (Lipinski definition) is 0. The summed E-state index contributed by atoms with van der Waals surface area (Å²) in [5.41, 5.74) is 0.000801. The van der Waals surface area contributed by atoms with Crippen molar-refractivity contribution in [2.45, 2.75) is 11.6 Å². The largest absolute Gasteiger partial charge is 0.416 e. The molecule has 7 heteroatoms. The average Bonchev–Trinajstić information content (AvgIpc) is 3.03. The van der Waals surface area contributed by atoms with Crippen LogP contribution in [-0.2, 0) is 6.18 Å². The number of thioether (sulfide) groups is 1. The first kappa shape index (κ1) is 17.2. The summed E-state index contributed by atoms with van der Waals surface area (Å²) in [6, 6.07) is 11.7. The minimum Gasteiger partial charge on any atom is -0.322 e. The fourth-order valence-electron chi connectivity index (χ4n) is 2.61. The number of rotatable bonds is 2. The highest BCUT2D eigenvalue weighted by molar-refractivity contribution is 7.99. The van der Waals surface area contributed by atoms with Crippen molar-refractivity contribution in [2.24, 2.45) is 0 Å². The molecule has 1 amide bonds. The van der Waals surface area contributed by atoms with E-state index >= 15 is 0 Å². The van der Waals surface area contributed by atoms with Gasteiger partial charge in [-0.05, 0) is 24.3 Å². The van der Waals surface area contributed by atoms with E-state index < -0.39 is 17.6 Å². The quantitative estimate of drug-likeness (QED) is 0.719. The number of nitrogens with zero attached hydrogens (tertiary/aromatic N) is 1. The van der Waals surface area contributed by atoms with Gasteiger partial charge in [-0.25, -0.2) is 0 Å². The van der Waals surface area contributed by atoms with Gasteiger partial charge in [0.25, 0.3) is 5.91 Å².